The van der Waals surface area contributed by atoms with Gasteiger partial charge in [-0.2, -0.15) is 0 Å². The summed E-state index contributed by atoms with van der Waals surface area (Å²) in [6.07, 6.45) is 8.33. The van der Waals surface area contributed by atoms with Crippen LogP contribution in [0.3, 0.4) is 0 Å². The number of thiocarbonyl (C=S) groups is 1. The van der Waals surface area contributed by atoms with Crippen LogP contribution in [0.1, 0.15) is 65.2 Å². The van der Waals surface area contributed by atoms with Crippen LogP contribution in [0, 0.1) is 17.3 Å². The number of carbonyl (C=O) groups is 1. The molecular weight excluding hydrogens is 268 g/mol. The van der Waals surface area contributed by atoms with Gasteiger partial charge < -0.3 is 11.1 Å². The standard InChI is InChI=1S/C16H28N2OS/c1-11-6-7-13(10-12(11)2)18-15(19)16(14(17)20)8-4-3-5-9-16/h11-13H,3-10H2,1-2H3,(H2,17,20)(H,18,19). The lowest BCUT2D eigenvalue weighted by atomic mass is 9.72. The summed E-state index contributed by atoms with van der Waals surface area (Å²) in [5.74, 6) is 1.54. The molecule has 0 radical (unpaired) electrons. The molecule has 3 unspecified atom stereocenters. The molecule has 3 atom stereocenters. The van der Waals surface area contributed by atoms with Gasteiger partial charge in [0.2, 0.25) is 5.91 Å². The molecule has 2 fully saturated rings. The van der Waals surface area contributed by atoms with Crippen molar-refractivity contribution in [2.45, 2.75) is 71.3 Å². The Bertz CT molecular complexity index is 377. The van der Waals surface area contributed by atoms with Crippen LogP contribution in [0.5, 0.6) is 0 Å². The van der Waals surface area contributed by atoms with Crippen molar-refractivity contribution in [1.82, 2.24) is 5.32 Å². The fraction of sp³-hybridized carbons (Fsp3) is 0.875. The fourth-order valence-electron chi connectivity index (χ4n) is 3.74. The highest BCUT2D eigenvalue weighted by Gasteiger charge is 2.43. The normalized spacial score (nSPS) is 33.4. The van der Waals surface area contributed by atoms with Crippen LogP contribution < -0.4 is 11.1 Å². The first-order chi connectivity index (χ1) is 9.45. The van der Waals surface area contributed by atoms with E-state index in [1.807, 2.05) is 0 Å². The summed E-state index contributed by atoms with van der Waals surface area (Å²) in [6, 6.07) is 0.307. The second kappa shape index (κ2) is 6.42. The summed E-state index contributed by atoms with van der Waals surface area (Å²) in [6.45, 7) is 4.59. The van der Waals surface area contributed by atoms with Crippen molar-refractivity contribution in [3.05, 3.63) is 0 Å². The van der Waals surface area contributed by atoms with E-state index in [9.17, 15) is 4.79 Å². The molecular formula is C16H28N2OS. The largest absolute Gasteiger partial charge is 0.392 e. The van der Waals surface area contributed by atoms with Gasteiger partial charge in [0.1, 0.15) is 0 Å². The minimum Gasteiger partial charge on any atom is -0.392 e. The molecule has 0 heterocycles. The predicted molar refractivity (Wildman–Crippen MR) is 86.4 cm³/mol. The molecule has 0 aromatic heterocycles. The van der Waals surface area contributed by atoms with Crippen molar-refractivity contribution >= 4 is 23.1 Å². The summed E-state index contributed by atoms with van der Waals surface area (Å²) in [4.78, 5) is 13.1. The van der Waals surface area contributed by atoms with Crippen LogP contribution >= 0.6 is 12.2 Å². The number of carbonyl (C=O) groups excluding carboxylic acids is 1. The van der Waals surface area contributed by atoms with Gasteiger partial charge in [0.15, 0.2) is 0 Å². The molecule has 0 saturated heterocycles. The Balaban J connectivity index is 2.00. The van der Waals surface area contributed by atoms with Crippen LogP contribution in [0.15, 0.2) is 0 Å². The average molecular weight is 296 g/mol. The maximum absolute atomic E-state index is 12.7. The number of hydrogen-bond acceptors (Lipinski definition) is 2. The van der Waals surface area contributed by atoms with E-state index >= 15 is 0 Å². The van der Waals surface area contributed by atoms with Crippen molar-refractivity contribution in [2.24, 2.45) is 23.0 Å². The highest BCUT2D eigenvalue weighted by Crippen LogP contribution is 2.38. The quantitative estimate of drug-likeness (QED) is 0.787. The highest BCUT2D eigenvalue weighted by molar-refractivity contribution is 7.80. The first-order valence-electron chi connectivity index (χ1n) is 8.06. The van der Waals surface area contributed by atoms with Crippen LogP contribution in [-0.2, 0) is 4.79 Å². The van der Waals surface area contributed by atoms with E-state index in [0.29, 0.717) is 16.9 Å². The van der Waals surface area contributed by atoms with Crippen LogP contribution in [0.25, 0.3) is 0 Å². The number of hydrogen-bond donors (Lipinski definition) is 2. The van der Waals surface area contributed by atoms with E-state index in [4.69, 9.17) is 18.0 Å². The van der Waals surface area contributed by atoms with E-state index in [1.54, 1.807) is 0 Å². The summed E-state index contributed by atoms with van der Waals surface area (Å²) in [5.41, 5.74) is 5.36. The van der Waals surface area contributed by atoms with Crippen LogP contribution in [0.2, 0.25) is 0 Å². The van der Waals surface area contributed by atoms with Gasteiger partial charge >= 0.3 is 0 Å². The van der Waals surface area contributed by atoms with Gasteiger partial charge in [-0.1, -0.05) is 45.3 Å². The van der Waals surface area contributed by atoms with Crippen LogP contribution in [-0.4, -0.2) is 16.9 Å². The van der Waals surface area contributed by atoms with Gasteiger partial charge in [0.25, 0.3) is 0 Å². The molecule has 0 aromatic rings. The van der Waals surface area contributed by atoms with Gasteiger partial charge in [-0.3, -0.25) is 4.79 Å². The Labute approximate surface area is 128 Å². The molecule has 0 bridgehead atoms. The smallest absolute Gasteiger partial charge is 0.233 e. The Hall–Kier alpha value is -0.640. The Kier molecular flexibility index (Phi) is 5.05. The molecule has 2 saturated carbocycles. The number of rotatable bonds is 3. The van der Waals surface area contributed by atoms with Gasteiger partial charge in [-0.05, 0) is 43.9 Å². The first-order valence-corrected chi connectivity index (χ1v) is 8.47. The first kappa shape index (κ1) is 15.7. The van der Waals surface area contributed by atoms with E-state index in [0.717, 1.165) is 44.4 Å². The van der Waals surface area contributed by atoms with E-state index in [1.165, 1.54) is 12.8 Å². The van der Waals surface area contributed by atoms with Crippen molar-refractivity contribution in [2.75, 3.05) is 0 Å². The molecule has 3 N–H and O–H groups in total. The molecule has 0 aliphatic heterocycles. The maximum atomic E-state index is 12.7. The van der Waals surface area contributed by atoms with Crippen molar-refractivity contribution in [1.29, 1.82) is 0 Å². The lowest BCUT2D eigenvalue weighted by Gasteiger charge is -2.38. The lowest BCUT2D eigenvalue weighted by molar-refractivity contribution is -0.130. The third kappa shape index (κ3) is 3.16. The zero-order valence-electron chi connectivity index (χ0n) is 12.8. The Morgan fingerprint density at radius 1 is 1.15 bits per heavy atom. The third-order valence-corrected chi connectivity index (χ3v) is 5.94. The number of amides is 1. The summed E-state index contributed by atoms with van der Waals surface area (Å²) >= 11 is 5.23. The zero-order chi connectivity index (χ0) is 14.8. The predicted octanol–water partition coefficient (Wildman–Crippen LogP) is 3.16. The Morgan fingerprint density at radius 2 is 1.80 bits per heavy atom. The van der Waals surface area contributed by atoms with E-state index < -0.39 is 5.41 Å². The summed E-state index contributed by atoms with van der Waals surface area (Å²) < 4.78 is 0. The van der Waals surface area contributed by atoms with Gasteiger partial charge in [-0.15, -0.1) is 0 Å². The van der Waals surface area contributed by atoms with Crippen molar-refractivity contribution < 1.29 is 4.79 Å². The van der Waals surface area contributed by atoms with Crippen LogP contribution in [0.4, 0.5) is 0 Å². The molecule has 1 amide bonds. The minimum absolute atomic E-state index is 0.0939. The lowest BCUT2D eigenvalue weighted by Crippen LogP contribution is -2.53. The maximum Gasteiger partial charge on any atom is 0.233 e. The molecule has 114 valence electrons. The molecule has 20 heavy (non-hydrogen) atoms. The van der Waals surface area contributed by atoms with Crippen molar-refractivity contribution in [3.63, 3.8) is 0 Å². The molecule has 4 heteroatoms. The topological polar surface area (TPSA) is 55.1 Å². The molecule has 0 spiro atoms. The minimum atomic E-state index is -0.570. The van der Waals surface area contributed by atoms with Gasteiger partial charge in [-0.25, -0.2) is 0 Å². The van der Waals surface area contributed by atoms with E-state index in [2.05, 4.69) is 19.2 Å². The van der Waals surface area contributed by atoms with Gasteiger partial charge in [0.05, 0.1) is 10.4 Å². The number of nitrogens with two attached hydrogens (primary N) is 1. The highest BCUT2D eigenvalue weighted by atomic mass is 32.1. The summed E-state index contributed by atoms with van der Waals surface area (Å²) in [7, 11) is 0. The average Bonchev–Trinajstić information content (AvgIpc) is 2.43. The zero-order valence-corrected chi connectivity index (χ0v) is 13.6. The fourth-order valence-corrected chi connectivity index (χ4v) is 4.04. The molecule has 0 aromatic carbocycles. The second-order valence-electron chi connectivity index (χ2n) is 6.95. The SMILES string of the molecule is CC1CCC(NC(=O)C2(C(N)=S)CCCCC2)CC1C. The summed E-state index contributed by atoms with van der Waals surface area (Å²) in [5, 5.41) is 3.26. The molecule has 2 aliphatic carbocycles. The Morgan fingerprint density at radius 3 is 2.35 bits per heavy atom. The van der Waals surface area contributed by atoms with Gasteiger partial charge in [0, 0.05) is 6.04 Å². The second-order valence-corrected chi connectivity index (χ2v) is 7.38. The third-order valence-electron chi connectivity index (χ3n) is 5.55. The monoisotopic (exact) mass is 296 g/mol. The van der Waals surface area contributed by atoms with E-state index in [-0.39, 0.29) is 5.91 Å². The molecule has 3 nitrogen and oxygen atoms in total. The molecule has 2 rings (SSSR count). The number of nitrogens with one attached hydrogen (secondary N) is 1. The van der Waals surface area contributed by atoms with Crippen molar-refractivity contribution in [3.8, 4) is 0 Å². The molecule has 2 aliphatic rings.